The highest BCUT2D eigenvalue weighted by molar-refractivity contribution is 7.98. The average molecular weight is 357 g/mol. The van der Waals surface area contributed by atoms with Crippen LogP contribution in [0.5, 0.6) is 0 Å². The summed E-state index contributed by atoms with van der Waals surface area (Å²) in [5.74, 6) is 1.08. The van der Waals surface area contributed by atoms with Gasteiger partial charge in [-0.05, 0) is 12.2 Å². The fourth-order valence-electron chi connectivity index (χ4n) is 1.97. The third kappa shape index (κ3) is 4.71. The lowest BCUT2D eigenvalue weighted by atomic mass is 10.2. The largest absolute Gasteiger partial charge is 0.369 e. The number of alkyl halides is 1. The Balaban J connectivity index is 2.22. The van der Waals surface area contributed by atoms with Crippen molar-refractivity contribution in [2.75, 3.05) is 30.5 Å². The van der Waals surface area contributed by atoms with Crippen molar-refractivity contribution >= 4 is 46.1 Å². The monoisotopic (exact) mass is 356 g/mol. The molecule has 126 valence electrons. The molecule has 0 saturated carbocycles. The predicted octanol–water partition coefficient (Wildman–Crippen LogP) is 1.97. The fourth-order valence-corrected chi connectivity index (χ4v) is 2.43. The van der Waals surface area contributed by atoms with Gasteiger partial charge in [0.2, 0.25) is 5.91 Å². The van der Waals surface area contributed by atoms with Gasteiger partial charge >= 0.3 is 0 Å². The third-order valence-corrected chi connectivity index (χ3v) is 3.89. The fraction of sp³-hybridized carbons (Fsp3) is 0.571. The van der Waals surface area contributed by atoms with Crippen molar-refractivity contribution in [1.29, 1.82) is 0 Å². The second kappa shape index (κ2) is 8.35. The van der Waals surface area contributed by atoms with E-state index in [2.05, 4.69) is 39.5 Å². The lowest BCUT2D eigenvalue weighted by Crippen LogP contribution is -2.28. The first-order valence-corrected chi connectivity index (χ1v) is 9.15. The van der Waals surface area contributed by atoms with Gasteiger partial charge in [0.1, 0.15) is 11.7 Å². The molecule has 1 amide bonds. The predicted molar refractivity (Wildman–Crippen MR) is 94.2 cm³/mol. The van der Waals surface area contributed by atoms with Gasteiger partial charge in [0.15, 0.2) is 10.8 Å². The van der Waals surface area contributed by atoms with E-state index >= 15 is 0 Å². The minimum absolute atomic E-state index is 0.0398. The first-order valence-electron chi connectivity index (χ1n) is 7.39. The number of rotatable bonds is 8. The molecule has 23 heavy (non-hydrogen) atoms. The summed E-state index contributed by atoms with van der Waals surface area (Å²) in [7, 11) is 0. The van der Waals surface area contributed by atoms with E-state index in [-0.39, 0.29) is 11.8 Å². The lowest BCUT2D eigenvalue weighted by molar-refractivity contribution is -0.118. The smallest absolute Gasteiger partial charge is 0.234 e. The standard InChI is InChI=1S/C14H21ClN6OS/c1-9(2)7-17-12-10-8-18-21(5-4-16-11(22)6-15)13(10)20-14(19-12)23-3/h8-9H,4-7H2,1-3H3,(H,16,22)(H,17,19,20). The molecule has 9 heteroatoms. The van der Waals surface area contributed by atoms with Crippen LogP contribution < -0.4 is 10.6 Å². The molecule has 7 nitrogen and oxygen atoms in total. The van der Waals surface area contributed by atoms with Gasteiger partial charge in [-0.3, -0.25) is 4.79 Å². The van der Waals surface area contributed by atoms with E-state index in [9.17, 15) is 4.79 Å². The maximum absolute atomic E-state index is 11.2. The van der Waals surface area contributed by atoms with Crippen LogP contribution >= 0.6 is 23.4 Å². The zero-order valence-electron chi connectivity index (χ0n) is 13.5. The van der Waals surface area contributed by atoms with Crippen LogP contribution in [0.2, 0.25) is 0 Å². The van der Waals surface area contributed by atoms with Gasteiger partial charge in [-0.2, -0.15) is 5.10 Å². The van der Waals surface area contributed by atoms with Gasteiger partial charge < -0.3 is 10.6 Å². The Labute approximate surface area is 144 Å². The summed E-state index contributed by atoms with van der Waals surface area (Å²) < 4.78 is 1.77. The summed E-state index contributed by atoms with van der Waals surface area (Å²) >= 11 is 6.95. The van der Waals surface area contributed by atoms with Crippen LogP contribution in [0.25, 0.3) is 11.0 Å². The number of hydrogen-bond acceptors (Lipinski definition) is 6. The summed E-state index contributed by atoms with van der Waals surface area (Å²) in [4.78, 5) is 20.3. The minimum atomic E-state index is -0.193. The molecule has 2 heterocycles. The lowest BCUT2D eigenvalue weighted by Gasteiger charge is -2.10. The molecule has 2 aromatic heterocycles. The van der Waals surface area contributed by atoms with Crippen molar-refractivity contribution in [3.05, 3.63) is 6.20 Å². The topological polar surface area (TPSA) is 84.7 Å². The average Bonchev–Trinajstić information content (AvgIpc) is 2.95. The number of thioether (sulfide) groups is 1. The van der Waals surface area contributed by atoms with Gasteiger partial charge in [0, 0.05) is 13.1 Å². The maximum atomic E-state index is 11.2. The number of hydrogen-bond donors (Lipinski definition) is 2. The van der Waals surface area contributed by atoms with Gasteiger partial charge in [-0.25, -0.2) is 14.6 Å². The van der Waals surface area contributed by atoms with E-state index in [1.54, 1.807) is 10.9 Å². The molecule has 0 bridgehead atoms. The number of carbonyl (C=O) groups excluding carboxylic acids is 1. The van der Waals surface area contributed by atoms with E-state index < -0.39 is 0 Å². The van der Waals surface area contributed by atoms with Crippen LogP contribution in [0.1, 0.15) is 13.8 Å². The Morgan fingerprint density at radius 1 is 1.43 bits per heavy atom. The highest BCUT2D eigenvalue weighted by Crippen LogP contribution is 2.23. The summed E-state index contributed by atoms with van der Waals surface area (Å²) in [6, 6.07) is 0. The number of nitrogens with zero attached hydrogens (tertiary/aromatic N) is 4. The van der Waals surface area contributed by atoms with E-state index in [0.717, 1.165) is 23.4 Å². The molecule has 2 N–H and O–H groups in total. The number of aromatic nitrogens is 4. The molecular weight excluding hydrogens is 336 g/mol. The van der Waals surface area contributed by atoms with Crippen LogP contribution in [-0.2, 0) is 11.3 Å². The van der Waals surface area contributed by atoms with Crippen molar-refractivity contribution in [2.24, 2.45) is 5.92 Å². The molecule has 0 aliphatic carbocycles. The number of fused-ring (bicyclic) bond motifs is 1. The summed E-state index contributed by atoms with van der Waals surface area (Å²) in [6.45, 7) is 6.10. The Kier molecular flexibility index (Phi) is 6.47. The highest BCUT2D eigenvalue weighted by atomic mass is 35.5. The van der Waals surface area contributed by atoms with E-state index in [1.165, 1.54) is 11.8 Å². The molecule has 0 atom stereocenters. The van der Waals surface area contributed by atoms with Crippen LogP contribution in [0.3, 0.4) is 0 Å². The zero-order valence-corrected chi connectivity index (χ0v) is 15.0. The van der Waals surface area contributed by atoms with Gasteiger partial charge in [-0.1, -0.05) is 25.6 Å². The summed E-state index contributed by atoms with van der Waals surface area (Å²) in [5.41, 5.74) is 0.760. The number of carbonyl (C=O) groups is 1. The molecule has 2 rings (SSSR count). The molecule has 0 aliphatic rings. The van der Waals surface area contributed by atoms with Crippen LogP contribution in [0.15, 0.2) is 11.4 Å². The molecule has 0 spiro atoms. The highest BCUT2D eigenvalue weighted by Gasteiger charge is 2.13. The second-order valence-corrected chi connectivity index (χ2v) is 6.46. The third-order valence-electron chi connectivity index (χ3n) is 3.10. The van der Waals surface area contributed by atoms with E-state index in [0.29, 0.717) is 24.2 Å². The Bertz CT molecular complexity index is 675. The van der Waals surface area contributed by atoms with E-state index in [4.69, 9.17) is 11.6 Å². The first-order chi connectivity index (χ1) is 11.0. The van der Waals surface area contributed by atoms with E-state index in [1.807, 2.05) is 6.26 Å². The Morgan fingerprint density at radius 2 is 2.22 bits per heavy atom. The minimum Gasteiger partial charge on any atom is -0.369 e. The summed E-state index contributed by atoms with van der Waals surface area (Å²) in [5, 5.41) is 12.0. The quantitative estimate of drug-likeness (QED) is 0.427. The Morgan fingerprint density at radius 3 is 2.87 bits per heavy atom. The molecule has 2 aromatic rings. The van der Waals surface area contributed by atoms with Crippen LogP contribution in [0, 0.1) is 5.92 Å². The summed E-state index contributed by atoms with van der Waals surface area (Å²) in [6.07, 6.45) is 3.69. The van der Waals surface area contributed by atoms with Gasteiger partial charge in [-0.15, -0.1) is 11.6 Å². The van der Waals surface area contributed by atoms with Crippen LogP contribution in [-0.4, -0.2) is 50.9 Å². The number of halogens is 1. The van der Waals surface area contributed by atoms with Crippen molar-refractivity contribution in [1.82, 2.24) is 25.1 Å². The molecule has 0 fully saturated rings. The second-order valence-electron chi connectivity index (χ2n) is 5.42. The van der Waals surface area contributed by atoms with Gasteiger partial charge in [0.05, 0.1) is 18.1 Å². The SMILES string of the molecule is CSc1nc(NCC(C)C)c2cnn(CCNC(=O)CCl)c2n1. The molecular formula is C14H21ClN6OS. The molecule has 0 unspecified atom stereocenters. The number of amides is 1. The molecule has 0 radical (unpaired) electrons. The number of nitrogens with one attached hydrogen (secondary N) is 2. The van der Waals surface area contributed by atoms with Crippen molar-refractivity contribution < 1.29 is 4.79 Å². The number of anilines is 1. The van der Waals surface area contributed by atoms with Crippen molar-refractivity contribution in [2.45, 2.75) is 25.5 Å². The molecule has 0 aliphatic heterocycles. The molecule has 0 saturated heterocycles. The van der Waals surface area contributed by atoms with Gasteiger partial charge in [0.25, 0.3) is 0 Å². The normalized spacial score (nSPS) is 11.2. The first kappa shape index (κ1) is 17.8. The Hall–Kier alpha value is -1.54. The molecule has 0 aromatic carbocycles. The maximum Gasteiger partial charge on any atom is 0.234 e. The van der Waals surface area contributed by atoms with Crippen molar-refractivity contribution in [3.8, 4) is 0 Å². The zero-order chi connectivity index (χ0) is 16.8. The van der Waals surface area contributed by atoms with Crippen LogP contribution in [0.4, 0.5) is 5.82 Å². The van der Waals surface area contributed by atoms with Crippen molar-refractivity contribution in [3.63, 3.8) is 0 Å².